The predicted molar refractivity (Wildman–Crippen MR) is 76.0 cm³/mol. The zero-order valence-corrected chi connectivity index (χ0v) is 12.4. The van der Waals surface area contributed by atoms with Crippen molar-refractivity contribution in [1.82, 2.24) is 15.1 Å². The quantitative estimate of drug-likeness (QED) is 0.893. The summed E-state index contributed by atoms with van der Waals surface area (Å²) in [6.45, 7) is 12.0. The molecule has 4 nitrogen and oxygen atoms in total. The SMILES string of the molecule is Cc1nn(C)c(N2CCCC2)c1CNC(C)(C)C. The van der Waals surface area contributed by atoms with Crippen LogP contribution < -0.4 is 10.2 Å². The van der Waals surface area contributed by atoms with Crippen molar-refractivity contribution < 1.29 is 0 Å². The second-order valence-electron chi connectivity index (χ2n) is 6.31. The fourth-order valence-corrected chi connectivity index (χ4v) is 2.57. The van der Waals surface area contributed by atoms with E-state index in [4.69, 9.17) is 0 Å². The number of hydrogen-bond acceptors (Lipinski definition) is 3. The summed E-state index contributed by atoms with van der Waals surface area (Å²) < 4.78 is 2.04. The number of anilines is 1. The fourth-order valence-electron chi connectivity index (χ4n) is 2.57. The average Bonchev–Trinajstić information content (AvgIpc) is 2.82. The lowest BCUT2D eigenvalue weighted by Gasteiger charge is -2.23. The number of rotatable bonds is 3. The van der Waals surface area contributed by atoms with Crippen LogP contribution in [-0.2, 0) is 13.6 Å². The lowest BCUT2D eigenvalue weighted by Crippen LogP contribution is -2.35. The first-order chi connectivity index (χ1) is 8.38. The topological polar surface area (TPSA) is 33.1 Å². The lowest BCUT2D eigenvalue weighted by atomic mass is 10.1. The highest BCUT2D eigenvalue weighted by atomic mass is 15.4. The largest absolute Gasteiger partial charge is 0.357 e. The van der Waals surface area contributed by atoms with E-state index in [0.717, 1.165) is 12.2 Å². The van der Waals surface area contributed by atoms with Gasteiger partial charge in [-0.05, 0) is 40.5 Å². The van der Waals surface area contributed by atoms with Crippen molar-refractivity contribution in [2.75, 3.05) is 18.0 Å². The Hall–Kier alpha value is -1.03. The Labute approximate surface area is 110 Å². The van der Waals surface area contributed by atoms with Crippen molar-refractivity contribution in [3.8, 4) is 0 Å². The Balaban J connectivity index is 2.22. The fraction of sp³-hybridized carbons (Fsp3) is 0.786. The summed E-state index contributed by atoms with van der Waals surface area (Å²) in [5.74, 6) is 1.31. The summed E-state index contributed by atoms with van der Waals surface area (Å²) in [6, 6.07) is 0. The van der Waals surface area contributed by atoms with E-state index in [1.807, 2.05) is 4.68 Å². The van der Waals surface area contributed by atoms with Gasteiger partial charge < -0.3 is 10.2 Å². The molecule has 0 aliphatic carbocycles. The van der Waals surface area contributed by atoms with E-state index in [2.05, 4.69) is 50.1 Å². The minimum Gasteiger partial charge on any atom is -0.357 e. The number of aromatic nitrogens is 2. The van der Waals surface area contributed by atoms with Crippen molar-refractivity contribution in [1.29, 1.82) is 0 Å². The maximum Gasteiger partial charge on any atom is 0.131 e. The first-order valence-electron chi connectivity index (χ1n) is 6.91. The summed E-state index contributed by atoms with van der Waals surface area (Å²) in [7, 11) is 2.06. The van der Waals surface area contributed by atoms with Gasteiger partial charge in [-0.1, -0.05) is 0 Å². The summed E-state index contributed by atoms with van der Waals surface area (Å²) in [5, 5.41) is 8.17. The smallest absolute Gasteiger partial charge is 0.131 e. The molecule has 1 aliphatic heterocycles. The van der Waals surface area contributed by atoms with Gasteiger partial charge in [0.1, 0.15) is 5.82 Å². The Morgan fingerprint density at radius 3 is 2.39 bits per heavy atom. The molecule has 1 aliphatic rings. The minimum atomic E-state index is 0.143. The van der Waals surface area contributed by atoms with Crippen LogP contribution in [0.5, 0.6) is 0 Å². The molecular formula is C14H26N4. The third kappa shape index (κ3) is 2.86. The summed E-state index contributed by atoms with van der Waals surface area (Å²) in [5.41, 5.74) is 2.65. The molecule has 0 bridgehead atoms. The van der Waals surface area contributed by atoms with Crippen LogP contribution in [0.2, 0.25) is 0 Å². The van der Waals surface area contributed by atoms with Crippen LogP contribution in [0.4, 0.5) is 5.82 Å². The van der Waals surface area contributed by atoms with E-state index in [0.29, 0.717) is 0 Å². The molecule has 2 heterocycles. The van der Waals surface area contributed by atoms with Gasteiger partial charge in [0.2, 0.25) is 0 Å². The summed E-state index contributed by atoms with van der Waals surface area (Å²) in [4.78, 5) is 2.47. The Morgan fingerprint density at radius 2 is 1.83 bits per heavy atom. The molecule has 2 rings (SSSR count). The van der Waals surface area contributed by atoms with Gasteiger partial charge in [0.25, 0.3) is 0 Å². The van der Waals surface area contributed by atoms with Crippen LogP contribution in [0.1, 0.15) is 44.9 Å². The van der Waals surface area contributed by atoms with Gasteiger partial charge in [-0.2, -0.15) is 5.10 Å². The van der Waals surface area contributed by atoms with Crippen LogP contribution in [0, 0.1) is 6.92 Å². The van der Waals surface area contributed by atoms with E-state index in [1.54, 1.807) is 0 Å². The van der Waals surface area contributed by atoms with E-state index in [1.165, 1.54) is 37.3 Å². The molecule has 1 N–H and O–H groups in total. The van der Waals surface area contributed by atoms with Crippen molar-refractivity contribution in [3.63, 3.8) is 0 Å². The number of nitrogens with zero attached hydrogens (tertiary/aromatic N) is 3. The van der Waals surface area contributed by atoms with E-state index >= 15 is 0 Å². The number of aryl methyl sites for hydroxylation is 2. The summed E-state index contributed by atoms with van der Waals surface area (Å²) in [6.07, 6.45) is 2.60. The molecule has 0 radical (unpaired) electrons. The number of nitrogens with one attached hydrogen (secondary N) is 1. The maximum atomic E-state index is 4.59. The van der Waals surface area contributed by atoms with E-state index in [9.17, 15) is 0 Å². The van der Waals surface area contributed by atoms with Crippen LogP contribution in [0.3, 0.4) is 0 Å². The standard InChI is InChI=1S/C14H26N4/c1-11-12(10-15-14(2,3)4)13(17(5)16-11)18-8-6-7-9-18/h15H,6-10H2,1-5H3. The first kappa shape index (κ1) is 13.4. The molecule has 1 aromatic heterocycles. The Kier molecular flexibility index (Phi) is 3.66. The Bertz CT molecular complexity index is 408. The van der Waals surface area contributed by atoms with Crippen molar-refractivity contribution in [2.24, 2.45) is 7.05 Å². The molecule has 0 aromatic carbocycles. The normalized spacial score (nSPS) is 16.6. The zero-order chi connectivity index (χ0) is 13.3. The highest BCUT2D eigenvalue weighted by Crippen LogP contribution is 2.26. The molecule has 0 unspecified atom stereocenters. The molecular weight excluding hydrogens is 224 g/mol. The molecule has 1 aromatic rings. The molecule has 0 amide bonds. The van der Waals surface area contributed by atoms with Gasteiger partial charge in [0.15, 0.2) is 0 Å². The molecule has 0 atom stereocenters. The molecule has 18 heavy (non-hydrogen) atoms. The number of hydrogen-bond donors (Lipinski definition) is 1. The third-order valence-corrected chi connectivity index (χ3v) is 3.51. The second kappa shape index (κ2) is 4.92. The first-order valence-corrected chi connectivity index (χ1v) is 6.91. The van der Waals surface area contributed by atoms with Crippen LogP contribution in [0.25, 0.3) is 0 Å². The van der Waals surface area contributed by atoms with Gasteiger partial charge in [0, 0.05) is 37.8 Å². The average molecular weight is 250 g/mol. The molecule has 102 valence electrons. The lowest BCUT2D eigenvalue weighted by molar-refractivity contribution is 0.424. The van der Waals surface area contributed by atoms with Crippen molar-refractivity contribution >= 4 is 5.82 Å². The van der Waals surface area contributed by atoms with Gasteiger partial charge >= 0.3 is 0 Å². The van der Waals surface area contributed by atoms with Crippen LogP contribution >= 0.6 is 0 Å². The van der Waals surface area contributed by atoms with Gasteiger partial charge in [-0.25, -0.2) is 0 Å². The molecule has 0 spiro atoms. The summed E-state index contributed by atoms with van der Waals surface area (Å²) >= 11 is 0. The van der Waals surface area contributed by atoms with Crippen molar-refractivity contribution in [3.05, 3.63) is 11.3 Å². The highest BCUT2D eigenvalue weighted by Gasteiger charge is 2.22. The van der Waals surface area contributed by atoms with E-state index < -0.39 is 0 Å². The molecule has 0 saturated carbocycles. The monoisotopic (exact) mass is 250 g/mol. The molecule has 1 fully saturated rings. The van der Waals surface area contributed by atoms with Crippen molar-refractivity contribution in [2.45, 2.75) is 52.6 Å². The van der Waals surface area contributed by atoms with Crippen LogP contribution in [-0.4, -0.2) is 28.4 Å². The maximum absolute atomic E-state index is 4.59. The third-order valence-electron chi connectivity index (χ3n) is 3.51. The predicted octanol–water partition coefficient (Wildman–Crippen LogP) is 2.22. The van der Waals surface area contributed by atoms with Gasteiger partial charge in [-0.15, -0.1) is 0 Å². The van der Waals surface area contributed by atoms with Crippen LogP contribution in [0.15, 0.2) is 0 Å². The Morgan fingerprint density at radius 1 is 1.22 bits per heavy atom. The molecule has 4 heteroatoms. The minimum absolute atomic E-state index is 0.143. The van der Waals surface area contributed by atoms with E-state index in [-0.39, 0.29) is 5.54 Å². The van der Waals surface area contributed by atoms with Gasteiger partial charge in [0.05, 0.1) is 5.69 Å². The highest BCUT2D eigenvalue weighted by molar-refractivity contribution is 5.50. The zero-order valence-electron chi connectivity index (χ0n) is 12.4. The second-order valence-corrected chi connectivity index (χ2v) is 6.31. The molecule has 1 saturated heterocycles. The van der Waals surface area contributed by atoms with Gasteiger partial charge in [-0.3, -0.25) is 4.68 Å².